The summed E-state index contributed by atoms with van der Waals surface area (Å²) in [5.74, 6) is -3.65. The second-order valence-corrected chi connectivity index (χ2v) is 6.62. The van der Waals surface area contributed by atoms with E-state index in [0.717, 1.165) is 0 Å². The SMILES string of the molecule is CC(C)(C)OC(=O)CC(CC(=O)OC(C)(C)C)C(=O)O. The van der Waals surface area contributed by atoms with E-state index in [0.29, 0.717) is 0 Å². The molecule has 0 saturated heterocycles. The summed E-state index contributed by atoms with van der Waals surface area (Å²) in [6.07, 6.45) is -0.711. The minimum Gasteiger partial charge on any atom is -0.481 e. The standard InChI is InChI=1S/C14H24O6/c1-13(2,3)19-10(15)7-9(12(17)18)8-11(16)20-14(4,5)6/h9H,7-8H2,1-6H3,(H,17,18). The zero-order valence-electron chi connectivity index (χ0n) is 13.0. The van der Waals surface area contributed by atoms with E-state index in [1.807, 2.05) is 0 Å². The second kappa shape index (κ2) is 6.72. The van der Waals surface area contributed by atoms with Gasteiger partial charge in [-0.3, -0.25) is 14.4 Å². The minimum atomic E-state index is -1.22. The Morgan fingerprint density at radius 1 is 0.850 bits per heavy atom. The first kappa shape index (κ1) is 18.4. The normalized spacial score (nSPS) is 12.2. The average molecular weight is 288 g/mol. The molecule has 0 atom stereocenters. The molecule has 0 aliphatic heterocycles. The fourth-order valence-electron chi connectivity index (χ4n) is 1.42. The molecule has 1 N–H and O–H groups in total. The van der Waals surface area contributed by atoms with Crippen molar-refractivity contribution >= 4 is 17.9 Å². The lowest BCUT2D eigenvalue weighted by atomic mass is 10.0. The van der Waals surface area contributed by atoms with Gasteiger partial charge in [0.05, 0.1) is 18.8 Å². The smallest absolute Gasteiger partial charge is 0.307 e. The fourth-order valence-corrected chi connectivity index (χ4v) is 1.42. The highest BCUT2D eigenvalue weighted by Gasteiger charge is 2.29. The Morgan fingerprint density at radius 2 is 1.15 bits per heavy atom. The summed E-state index contributed by atoms with van der Waals surface area (Å²) in [5.41, 5.74) is -1.38. The molecule has 0 spiro atoms. The van der Waals surface area contributed by atoms with Gasteiger partial charge in [0.1, 0.15) is 11.2 Å². The Kier molecular flexibility index (Phi) is 6.19. The van der Waals surface area contributed by atoms with Gasteiger partial charge >= 0.3 is 17.9 Å². The van der Waals surface area contributed by atoms with Gasteiger partial charge in [-0.05, 0) is 41.5 Å². The van der Waals surface area contributed by atoms with Gasteiger partial charge in [-0.1, -0.05) is 0 Å². The second-order valence-electron chi connectivity index (χ2n) is 6.62. The predicted octanol–water partition coefficient (Wildman–Crippen LogP) is 2.15. The number of ether oxygens (including phenoxy) is 2. The van der Waals surface area contributed by atoms with Gasteiger partial charge in [0.25, 0.3) is 0 Å². The third-order valence-electron chi connectivity index (χ3n) is 2.02. The Bertz CT molecular complexity index is 342. The lowest BCUT2D eigenvalue weighted by Crippen LogP contribution is -2.30. The van der Waals surface area contributed by atoms with E-state index in [1.165, 1.54) is 0 Å². The highest BCUT2D eigenvalue weighted by atomic mass is 16.6. The van der Waals surface area contributed by atoms with Crippen molar-refractivity contribution in [1.82, 2.24) is 0 Å². The van der Waals surface area contributed by atoms with Crippen LogP contribution in [0.4, 0.5) is 0 Å². The topological polar surface area (TPSA) is 89.9 Å². The quantitative estimate of drug-likeness (QED) is 0.780. The van der Waals surface area contributed by atoms with Crippen molar-refractivity contribution in [2.45, 2.75) is 65.6 Å². The van der Waals surface area contributed by atoms with Crippen molar-refractivity contribution in [1.29, 1.82) is 0 Å². The molecule has 6 heteroatoms. The molecule has 0 aromatic heterocycles. The molecule has 0 rings (SSSR count). The molecule has 6 nitrogen and oxygen atoms in total. The fraction of sp³-hybridized carbons (Fsp3) is 0.786. The maximum absolute atomic E-state index is 11.6. The molecular weight excluding hydrogens is 264 g/mol. The van der Waals surface area contributed by atoms with Gasteiger partial charge in [-0.25, -0.2) is 0 Å². The number of rotatable bonds is 5. The summed E-state index contributed by atoms with van der Waals surface area (Å²) in [7, 11) is 0. The molecule has 0 unspecified atom stereocenters. The van der Waals surface area contributed by atoms with Crippen LogP contribution in [0.3, 0.4) is 0 Å². The summed E-state index contributed by atoms with van der Waals surface area (Å²) in [6.45, 7) is 10.1. The molecule has 0 saturated carbocycles. The van der Waals surface area contributed by atoms with E-state index >= 15 is 0 Å². The van der Waals surface area contributed by atoms with Crippen molar-refractivity contribution < 1.29 is 29.0 Å². The largest absolute Gasteiger partial charge is 0.481 e. The van der Waals surface area contributed by atoms with E-state index < -0.39 is 35.0 Å². The van der Waals surface area contributed by atoms with E-state index in [9.17, 15) is 14.4 Å². The number of aliphatic carboxylic acids is 1. The Hall–Kier alpha value is -1.59. The number of carboxylic acid groups (broad SMARTS) is 1. The molecule has 0 bridgehead atoms. The Labute approximate surface area is 119 Å². The maximum atomic E-state index is 11.6. The van der Waals surface area contributed by atoms with Gasteiger partial charge in [-0.2, -0.15) is 0 Å². The van der Waals surface area contributed by atoms with Gasteiger partial charge in [0, 0.05) is 0 Å². The van der Waals surface area contributed by atoms with E-state index in [2.05, 4.69) is 0 Å². The van der Waals surface area contributed by atoms with Crippen molar-refractivity contribution in [2.24, 2.45) is 5.92 Å². The van der Waals surface area contributed by atoms with Crippen LogP contribution in [0, 0.1) is 5.92 Å². The lowest BCUT2D eigenvalue weighted by molar-refractivity contribution is -0.164. The highest BCUT2D eigenvalue weighted by Crippen LogP contribution is 2.17. The maximum Gasteiger partial charge on any atom is 0.307 e. The van der Waals surface area contributed by atoms with Crippen LogP contribution in [-0.2, 0) is 23.9 Å². The molecule has 116 valence electrons. The van der Waals surface area contributed by atoms with Crippen LogP contribution >= 0.6 is 0 Å². The monoisotopic (exact) mass is 288 g/mol. The van der Waals surface area contributed by atoms with Crippen molar-refractivity contribution in [2.75, 3.05) is 0 Å². The highest BCUT2D eigenvalue weighted by molar-refractivity contribution is 5.83. The molecule has 0 radical (unpaired) electrons. The van der Waals surface area contributed by atoms with Crippen molar-refractivity contribution in [3.63, 3.8) is 0 Å². The van der Waals surface area contributed by atoms with Gasteiger partial charge in [0.2, 0.25) is 0 Å². The van der Waals surface area contributed by atoms with Crippen molar-refractivity contribution in [3.05, 3.63) is 0 Å². The summed E-state index contributed by atoms with van der Waals surface area (Å²) >= 11 is 0. The zero-order valence-corrected chi connectivity index (χ0v) is 13.0. The van der Waals surface area contributed by atoms with Crippen LogP contribution in [0.1, 0.15) is 54.4 Å². The molecule has 0 aliphatic rings. The van der Waals surface area contributed by atoms with Gasteiger partial charge in [0.15, 0.2) is 0 Å². The number of esters is 2. The number of carbonyl (C=O) groups excluding carboxylic acids is 2. The van der Waals surface area contributed by atoms with Gasteiger partial charge in [-0.15, -0.1) is 0 Å². The Morgan fingerprint density at radius 3 is 1.35 bits per heavy atom. The summed E-state index contributed by atoms with van der Waals surface area (Å²) in [4.78, 5) is 34.3. The first-order chi connectivity index (χ1) is 8.80. The van der Waals surface area contributed by atoms with Crippen LogP contribution in [0.15, 0.2) is 0 Å². The molecule has 0 aliphatic carbocycles. The van der Waals surface area contributed by atoms with Crippen molar-refractivity contribution in [3.8, 4) is 0 Å². The van der Waals surface area contributed by atoms with Crippen LogP contribution in [0.5, 0.6) is 0 Å². The minimum absolute atomic E-state index is 0.355. The number of hydrogen-bond acceptors (Lipinski definition) is 5. The summed E-state index contributed by atoms with van der Waals surface area (Å²) < 4.78 is 10.1. The lowest BCUT2D eigenvalue weighted by Gasteiger charge is -2.22. The van der Waals surface area contributed by atoms with E-state index in [-0.39, 0.29) is 12.8 Å². The summed E-state index contributed by atoms with van der Waals surface area (Å²) in [5, 5.41) is 9.05. The number of carboxylic acids is 1. The average Bonchev–Trinajstić information content (AvgIpc) is 2.09. The molecule has 0 fully saturated rings. The van der Waals surface area contributed by atoms with Crippen LogP contribution in [0.2, 0.25) is 0 Å². The van der Waals surface area contributed by atoms with E-state index in [4.69, 9.17) is 14.6 Å². The van der Waals surface area contributed by atoms with Crippen LogP contribution < -0.4 is 0 Å². The Balaban J connectivity index is 4.56. The molecule has 0 aromatic carbocycles. The molecule has 0 heterocycles. The van der Waals surface area contributed by atoms with Crippen LogP contribution in [-0.4, -0.2) is 34.2 Å². The number of hydrogen-bond donors (Lipinski definition) is 1. The predicted molar refractivity (Wildman–Crippen MR) is 72.0 cm³/mol. The first-order valence-corrected chi connectivity index (χ1v) is 6.46. The third-order valence-corrected chi connectivity index (χ3v) is 2.02. The summed E-state index contributed by atoms with van der Waals surface area (Å²) in [6, 6.07) is 0. The van der Waals surface area contributed by atoms with Gasteiger partial charge < -0.3 is 14.6 Å². The van der Waals surface area contributed by atoms with E-state index in [1.54, 1.807) is 41.5 Å². The third kappa shape index (κ3) is 9.35. The zero-order chi connectivity index (χ0) is 16.1. The first-order valence-electron chi connectivity index (χ1n) is 6.46. The van der Waals surface area contributed by atoms with Crippen LogP contribution in [0.25, 0.3) is 0 Å². The molecule has 0 aromatic rings. The molecule has 0 amide bonds. The molecular formula is C14H24O6. The number of carbonyl (C=O) groups is 3. The molecule has 20 heavy (non-hydrogen) atoms.